The van der Waals surface area contributed by atoms with Crippen molar-refractivity contribution in [3.8, 4) is 22.1 Å². The number of thiophene rings is 1. The van der Waals surface area contributed by atoms with E-state index in [0.29, 0.717) is 18.2 Å². The number of benzene rings is 1. The standard InChI is InChI=1S/C31H38N2O4S/c1-20(2)14-23-15-25-22(16-26(23)35-3)8-9-24-28(32-30(33(24)25)27-7-5-13-38-27)29(34)21-6-4-12-36-17-31(11-10-21)18-37-19-31/h5,7,13,15-16,20-21H,4,6,8-12,14,17-19H2,1-3H3. The maximum absolute atomic E-state index is 14.2. The first-order valence-electron chi connectivity index (χ1n) is 14.0. The van der Waals surface area contributed by atoms with Gasteiger partial charge in [0, 0.05) is 17.9 Å². The Kier molecular flexibility index (Phi) is 7.18. The van der Waals surface area contributed by atoms with Crippen LogP contribution in [0.25, 0.3) is 16.4 Å². The molecule has 3 aromatic rings. The molecule has 0 amide bonds. The molecule has 0 radical (unpaired) electrons. The second kappa shape index (κ2) is 10.6. The Morgan fingerprint density at radius 1 is 1.21 bits per heavy atom. The minimum atomic E-state index is -0.0290. The molecule has 1 aromatic carbocycles. The molecular formula is C31H38N2O4S. The molecule has 202 valence electrons. The molecule has 3 aliphatic heterocycles. The minimum absolute atomic E-state index is 0.0290. The maximum Gasteiger partial charge on any atom is 0.186 e. The van der Waals surface area contributed by atoms with Crippen LogP contribution < -0.4 is 4.74 Å². The SMILES string of the molecule is COc1cc2c(cc1CC(C)C)-n1c(-c3cccs3)nc(C(=O)C3CCCOCC4(CC3)COC4)c1CC2. The van der Waals surface area contributed by atoms with E-state index in [1.54, 1.807) is 18.4 Å². The van der Waals surface area contributed by atoms with Gasteiger partial charge in [0.15, 0.2) is 11.6 Å². The van der Waals surface area contributed by atoms with E-state index in [4.69, 9.17) is 19.2 Å². The summed E-state index contributed by atoms with van der Waals surface area (Å²) in [7, 11) is 1.76. The van der Waals surface area contributed by atoms with Crippen LogP contribution in [0.4, 0.5) is 0 Å². The molecule has 38 heavy (non-hydrogen) atoms. The van der Waals surface area contributed by atoms with Crippen LogP contribution >= 0.6 is 11.3 Å². The van der Waals surface area contributed by atoms with E-state index in [-0.39, 0.29) is 17.1 Å². The van der Waals surface area contributed by atoms with Gasteiger partial charge in [-0.1, -0.05) is 19.9 Å². The molecular weight excluding hydrogens is 496 g/mol. The fourth-order valence-electron chi connectivity index (χ4n) is 6.31. The first-order valence-corrected chi connectivity index (χ1v) is 14.9. The van der Waals surface area contributed by atoms with Crippen molar-refractivity contribution in [2.24, 2.45) is 17.3 Å². The lowest BCUT2D eigenvalue weighted by Crippen LogP contribution is -2.46. The number of carbonyl (C=O) groups excluding carboxylic acids is 1. The molecule has 0 saturated carbocycles. The van der Waals surface area contributed by atoms with Crippen LogP contribution in [0.3, 0.4) is 0 Å². The number of hydrogen-bond donors (Lipinski definition) is 0. The number of aryl methyl sites for hydroxylation is 1. The third-order valence-corrected chi connectivity index (χ3v) is 9.26. The number of aromatic nitrogens is 2. The lowest BCUT2D eigenvalue weighted by molar-refractivity contribution is -0.152. The molecule has 1 atom stereocenters. The molecule has 5 heterocycles. The lowest BCUT2D eigenvalue weighted by atomic mass is 9.78. The monoisotopic (exact) mass is 534 g/mol. The van der Waals surface area contributed by atoms with Crippen molar-refractivity contribution in [3.63, 3.8) is 0 Å². The number of ketones is 1. The van der Waals surface area contributed by atoms with Crippen molar-refractivity contribution < 1.29 is 19.0 Å². The van der Waals surface area contributed by atoms with Crippen LogP contribution in [0.15, 0.2) is 29.6 Å². The van der Waals surface area contributed by atoms with Crippen molar-refractivity contribution in [1.29, 1.82) is 0 Å². The molecule has 1 spiro atoms. The number of ether oxygens (including phenoxy) is 3. The summed E-state index contributed by atoms with van der Waals surface area (Å²) >= 11 is 1.68. The highest BCUT2D eigenvalue weighted by atomic mass is 32.1. The molecule has 2 saturated heterocycles. The molecule has 3 aliphatic rings. The van der Waals surface area contributed by atoms with Crippen LogP contribution in [-0.2, 0) is 28.7 Å². The zero-order chi connectivity index (χ0) is 26.3. The number of methoxy groups -OCH3 is 1. The molecule has 7 heteroatoms. The fraction of sp³-hybridized carbons (Fsp3) is 0.548. The number of carbonyl (C=O) groups is 1. The van der Waals surface area contributed by atoms with Gasteiger partial charge in [-0.15, -0.1) is 11.3 Å². The van der Waals surface area contributed by atoms with Gasteiger partial charge < -0.3 is 14.2 Å². The van der Waals surface area contributed by atoms with Crippen LogP contribution in [0, 0.1) is 17.3 Å². The summed E-state index contributed by atoms with van der Waals surface area (Å²) < 4.78 is 19.6. The van der Waals surface area contributed by atoms with Gasteiger partial charge in [-0.3, -0.25) is 9.36 Å². The van der Waals surface area contributed by atoms with Crippen molar-refractivity contribution in [3.05, 3.63) is 52.2 Å². The van der Waals surface area contributed by atoms with E-state index in [9.17, 15) is 4.79 Å². The van der Waals surface area contributed by atoms with E-state index in [1.165, 1.54) is 11.1 Å². The topological polar surface area (TPSA) is 62.6 Å². The first kappa shape index (κ1) is 25.8. The summed E-state index contributed by atoms with van der Waals surface area (Å²) in [6, 6.07) is 8.65. The van der Waals surface area contributed by atoms with Gasteiger partial charge in [0.2, 0.25) is 0 Å². The van der Waals surface area contributed by atoms with Gasteiger partial charge in [-0.05, 0) is 85.6 Å². The number of rotatable bonds is 6. The number of imidazole rings is 1. The quantitative estimate of drug-likeness (QED) is 0.347. The predicted molar refractivity (Wildman–Crippen MR) is 150 cm³/mol. The van der Waals surface area contributed by atoms with Gasteiger partial charge in [0.25, 0.3) is 0 Å². The molecule has 6 rings (SSSR count). The highest BCUT2D eigenvalue weighted by Crippen LogP contribution is 2.41. The molecule has 2 aromatic heterocycles. The number of nitrogens with zero attached hydrogens (tertiary/aromatic N) is 2. The average molecular weight is 535 g/mol. The van der Waals surface area contributed by atoms with Crippen molar-refractivity contribution in [2.45, 2.75) is 58.8 Å². The lowest BCUT2D eigenvalue weighted by Gasteiger charge is -2.41. The molecule has 2 fully saturated rings. The molecule has 1 unspecified atom stereocenters. The summed E-state index contributed by atoms with van der Waals surface area (Å²) in [6.07, 6.45) is 6.22. The normalized spacial score (nSPS) is 20.7. The molecule has 0 bridgehead atoms. The van der Waals surface area contributed by atoms with E-state index in [2.05, 4.69) is 48.1 Å². The zero-order valence-electron chi connectivity index (χ0n) is 22.8. The minimum Gasteiger partial charge on any atom is -0.496 e. The summed E-state index contributed by atoms with van der Waals surface area (Å²) in [5, 5.41) is 2.08. The van der Waals surface area contributed by atoms with Crippen LogP contribution in [0.1, 0.15) is 66.8 Å². The Morgan fingerprint density at radius 2 is 2.05 bits per heavy atom. The van der Waals surface area contributed by atoms with Crippen molar-refractivity contribution in [1.82, 2.24) is 9.55 Å². The Morgan fingerprint density at radius 3 is 2.76 bits per heavy atom. The molecule has 0 N–H and O–H groups in total. The largest absolute Gasteiger partial charge is 0.496 e. The second-order valence-electron chi connectivity index (χ2n) is 11.7. The Labute approximate surface area is 229 Å². The Balaban J connectivity index is 1.42. The number of Topliss-reactive ketones (excluding diaryl/α,β-unsaturated/α-hetero) is 1. The summed E-state index contributed by atoms with van der Waals surface area (Å²) in [5.74, 6) is 2.53. The molecule has 6 nitrogen and oxygen atoms in total. The van der Waals surface area contributed by atoms with E-state index >= 15 is 0 Å². The number of fused-ring (bicyclic) bond motifs is 3. The Hall–Kier alpha value is -2.48. The van der Waals surface area contributed by atoms with Crippen LogP contribution in [0.2, 0.25) is 0 Å². The van der Waals surface area contributed by atoms with E-state index in [1.807, 2.05) is 0 Å². The second-order valence-corrected chi connectivity index (χ2v) is 12.7. The van der Waals surface area contributed by atoms with Crippen LogP contribution in [-0.4, -0.2) is 48.9 Å². The Bertz CT molecular complexity index is 1310. The van der Waals surface area contributed by atoms with Gasteiger partial charge >= 0.3 is 0 Å². The smallest absolute Gasteiger partial charge is 0.186 e. The number of hydrogen-bond acceptors (Lipinski definition) is 6. The summed E-state index contributed by atoms with van der Waals surface area (Å²) in [5.41, 5.74) is 5.42. The predicted octanol–water partition coefficient (Wildman–Crippen LogP) is 6.31. The highest BCUT2D eigenvalue weighted by molar-refractivity contribution is 7.13. The van der Waals surface area contributed by atoms with E-state index < -0.39 is 0 Å². The zero-order valence-corrected chi connectivity index (χ0v) is 23.6. The fourth-order valence-corrected chi connectivity index (χ4v) is 7.01. The van der Waals surface area contributed by atoms with Crippen molar-refractivity contribution in [2.75, 3.05) is 33.5 Å². The van der Waals surface area contributed by atoms with Crippen molar-refractivity contribution >= 4 is 17.1 Å². The van der Waals surface area contributed by atoms with Crippen LogP contribution in [0.5, 0.6) is 5.75 Å². The van der Waals surface area contributed by atoms with Gasteiger partial charge in [0.05, 0.1) is 43.2 Å². The first-order chi connectivity index (χ1) is 18.5. The third kappa shape index (κ3) is 4.74. The van der Waals surface area contributed by atoms with Gasteiger partial charge in [0.1, 0.15) is 11.4 Å². The van der Waals surface area contributed by atoms with Gasteiger partial charge in [-0.2, -0.15) is 0 Å². The third-order valence-electron chi connectivity index (χ3n) is 8.39. The van der Waals surface area contributed by atoms with E-state index in [0.717, 1.165) is 92.6 Å². The maximum atomic E-state index is 14.2. The molecule has 0 aliphatic carbocycles. The summed E-state index contributed by atoms with van der Waals surface area (Å²) in [6.45, 7) is 7.41. The van der Waals surface area contributed by atoms with Gasteiger partial charge in [-0.25, -0.2) is 4.98 Å². The average Bonchev–Trinajstić information content (AvgIpc) is 3.56. The highest BCUT2D eigenvalue weighted by Gasteiger charge is 2.41. The summed E-state index contributed by atoms with van der Waals surface area (Å²) in [4.78, 5) is 20.4.